The van der Waals surface area contributed by atoms with Crippen molar-refractivity contribution >= 4 is 16.8 Å². The maximum absolute atomic E-state index is 10.8. The number of rotatable bonds is 3. The van der Waals surface area contributed by atoms with Crippen LogP contribution in [0.4, 0.5) is 0 Å². The van der Waals surface area contributed by atoms with Gasteiger partial charge in [-0.05, 0) is 35.3 Å². The van der Waals surface area contributed by atoms with E-state index in [0.29, 0.717) is 5.75 Å². The molecule has 0 aromatic heterocycles. The first kappa shape index (κ1) is 18.8. The molecule has 0 aliphatic heterocycles. The van der Waals surface area contributed by atoms with Crippen molar-refractivity contribution in [1.82, 2.24) is 0 Å². The quantitative estimate of drug-likeness (QED) is 0.509. The summed E-state index contributed by atoms with van der Waals surface area (Å²) in [4.78, 5) is 3.39. The number of benzene rings is 1. The van der Waals surface area contributed by atoms with Gasteiger partial charge in [-0.3, -0.25) is 0 Å². The lowest BCUT2D eigenvalue weighted by Gasteiger charge is -2.27. The van der Waals surface area contributed by atoms with Crippen LogP contribution in [0.3, 0.4) is 0 Å². The van der Waals surface area contributed by atoms with Crippen molar-refractivity contribution in [3.8, 4) is 5.75 Å². The van der Waals surface area contributed by atoms with Crippen LogP contribution in [-0.2, 0) is 10.8 Å². The van der Waals surface area contributed by atoms with Crippen LogP contribution in [0.25, 0.3) is 0 Å². The molecule has 0 bridgehead atoms. The second kappa shape index (κ2) is 6.91. The Morgan fingerprint density at radius 2 is 1.59 bits per heavy atom. The van der Waals surface area contributed by atoms with Gasteiger partial charge >= 0.3 is 0 Å². The largest absolute Gasteiger partial charge is 0.507 e. The van der Waals surface area contributed by atoms with E-state index >= 15 is 0 Å². The van der Waals surface area contributed by atoms with Crippen LogP contribution in [-0.4, -0.2) is 23.0 Å². The molecule has 0 aliphatic carbocycles. The molecule has 0 atom stereocenters. The Morgan fingerprint density at radius 3 is 1.91 bits per heavy atom. The highest BCUT2D eigenvalue weighted by Gasteiger charge is 2.28. The summed E-state index contributed by atoms with van der Waals surface area (Å²) in [6, 6.07) is 4.21. The fraction of sp³-hybridized carbons (Fsp3) is 0.526. The van der Waals surface area contributed by atoms with E-state index in [-0.39, 0.29) is 10.8 Å². The summed E-state index contributed by atoms with van der Waals surface area (Å²) in [5, 5.41) is 11.9. The van der Waals surface area contributed by atoms with Gasteiger partial charge in [-0.2, -0.15) is 0 Å². The van der Waals surface area contributed by atoms with Crippen molar-refractivity contribution in [1.29, 1.82) is 0 Å². The summed E-state index contributed by atoms with van der Waals surface area (Å²) in [6.07, 6.45) is 3.91. The number of aromatic hydroxyl groups is 1. The van der Waals surface area contributed by atoms with Crippen LogP contribution in [0.15, 0.2) is 24.8 Å². The van der Waals surface area contributed by atoms with Gasteiger partial charge in [0.05, 0.1) is 5.56 Å². The molecule has 2 N–H and O–H groups in total. The lowest BCUT2D eigenvalue weighted by atomic mass is 9.78. The first-order valence-corrected chi connectivity index (χ1v) is 8.89. The zero-order chi connectivity index (χ0) is 17.1. The minimum Gasteiger partial charge on any atom is -0.507 e. The van der Waals surface area contributed by atoms with Crippen molar-refractivity contribution in [2.24, 2.45) is 0 Å². The Morgan fingerprint density at radius 1 is 1.14 bits per heavy atom. The monoisotopic (exact) mass is 320 g/mol. The van der Waals surface area contributed by atoms with Crippen molar-refractivity contribution in [2.75, 3.05) is 12.8 Å². The van der Waals surface area contributed by atoms with Gasteiger partial charge in [0.25, 0.3) is 0 Å². The smallest absolute Gasteiger partial charge is 0.240 e. The van der Waals surface area contributed by atoms with E-state index in [1.807, 2.05) is 6.08 Å². The molecular weight excluding hydrogens is 290 g/mol. The average Bonchev–Trinajstić information content (AvgIpc) is 2.38. The van der Waals surface area contributed by atoms with E-state index in [1.54, 1.807) is 11.8 Å². The fourth-order valence-electron chi connectivity index (χ4n) is 2.37. The highest BCUT2D eigenvalue weighted by Crippen LogP contribution is 2.40. The zero-order valence-corrected chi connectivity index (χ0v) is 15.8. The van der Waals surface area contributed by atoms with Crippen molar-refractivity contribution in [3.05, 3.63) is 41.5 Å². The number of hydrogen-bond acceptors (Lipinski definition) is 2. The third kappa shape index (κ3) is 4.39. The number of phenols is 1. The summed E-state index contributed by atoms with van der Waals surface area (Å²) in [6.45, 7) is 17.3. The summed E-state index contributed by atoms with van der Waals surface area (Å²) in [5.74, 6) is 0.424. The summed E-state index contributed by atoms with van der Waals surface area (Å²) in [7, 11) is 0. The Labute approximate surface area is 139 Å². The third-order valence-electron chi connectivity index (χ3n) is 3.60. The highest BCUT2D eigenvalue weighted by atomic mass is 32.2. The van der Waals surface area contributed by atoms with Gasteiger partial charge in [-0.15, -0.1) is 0 Å². The molecule has 0 spiro atoms. The standard InChI is InChI=1S/C19H29NOS/c1-9-10-20-17(22-8)13-11-14(18(2,3)4)16(21)15(12-13)19(5,6)7/h9,11-12,21H,1,10H2,2-8H3/p+1. The normalized spacial score (nSPS) is 13.3. The van der Waals surface area contributed by atoms with Crippen molar-refractivity contribution in [3.63, 3.8) is 0 Å². The number of phenolic OH excluding ortho intramolecular Hbond substituents is 1. The number of hydrogen-bond donors (Lipinski definition) is 2. The van der Waals surface area contributed by atoms with E-state index in [1.165, 1.54) is 0 Å². The molecule has 3 heteroatoms. The first-order valence-electron chi connectivity index (χ1n) is 7.66. The minimum atomic E-state index is -0.109. The van der Waals surface area contributed by atoms with Gasteiger partial charge in [-0.1, -0.05) is 59.9 Å². The molecule has 0 unspecified atom stereocenters. The summed E-state index contributed by atoms with van der Waals surface area (Å²) < 4.78 is 0. The van der Waals surface area contributed by atoms with E-state index < -0.39 is 0 Å². The molecule has 122 valence electrons. The molecular formula is C19H30NOS+. The van der Waals surface area contributed by atoms with Crippen LogP contribution in [0, 0.1) is 0 Å². The predicted molar refractivity (Wildman–Crippen MR) is 99.2 cm³/mol. The molecule has 0 radical (unpaired) electrons. The maximum Gasteiger partial charge on any atom is 0.240 e. The summed E-state index contributed by atoms with van der Waals surface area (Å²) in [5.41, 5.74) is 2.88. The topological polar surface area (TPSA) is 34.2 Å². The Bertz CT molecular complexity index is 539. The minimum absolute atomic E-state index is 0.109. The van der Waals surface area contributed by atoms with Crippen LogP contribution in [0.5, 0.6) is 5.75 Å². The second-order valence-electron chi connectivity index (χ2n) is 7.62. The molecule has 0 amide bonds. The number of thioether (sulfide) groups is 1. The van der Waals surface area contributed by atoms with Crippen LogP contribution < -0.4 is 4.99 Å². The van der Waals surface area contributed by atoms with Gasteiger partial charge in [0.15, 0.2) is 6.54 Å². The summed E-state index contributed by atoms with van der Waals surface area (Å²) >= 11 is 1.68. The van der Waals surface area contributed by atoms with E-state index in [9.17, 15) is 5.11 Å². The Balaban J connectivity index is 3.64. The molecule has 0 fully saturated rings. The van der Waals surface area contributed by atoms with Crippen LogP contribution >= 0.6 is 11.8 Å². The van der Waals surface area contributed by atoms with E-state index in [2.05, 4.69) is 71.5 Å². The lowest BCUT2D eigenvalue weighted by Crippen LogP contribution is -2.72. The van der Waals surface area contributed by atoms with Gasteiger partial charge in [0.2, 0.25) is 5.04 Å². The van der Waals surface area contributed by atoms with Gasteiger partial charge in [0, 0.05) is 11.1 Å². The maximum atomic E-state index is 10.8. The SMILES string of the molecule is C=CC[NH+]=C(SC)c1cc(C(C)(C)C)c(O)c(C(C)(C)C)c1. The van der Waals surface area contributed by atoms with Gasteiger partial charge in [0.1, 0.15) is 5.75 Å². The van der Waals surface area contributed by atoms with E-state index in [4.69, 9.17) is 0 Å². The van der Waals surface area contributed by atoms with Crippen molar-refractivity contribution < 1.29 is 10.1 Å². The van der Waals surface area contributed by atoms with Gasteiger partial charge < -0.3 is 5.11 Å². The Hall–Kier alpha value is -1.22. The Kier molecular flexibility index (Phi) is 5.91. The second-order valence-corrected chi connectivity index (χ2v) is 8.44. The van der Waals surface area contributed by atoms with Crippen LogP contribution in [0.1, 0.15) is 58.2 Å². The molecule has 0 saturated heterocycles. The highest BCUT2D eigenvalue weighted by molar-refractivity contribution is 8.13. The molecule has 22 heavy (non-hydrogen) atoms. The zero-order valence-electron chi connectivity index (χ0n) is 15.0. The fourth-order valence-corrected chi connectivity index (χ4v) is 2.95. The molecule has 1 aromatic rings. The van der Waals surface area contributed by atoms with E-state index in [0.717, 1.165) is 28.3 Å². The molecule has 2 nitrogen and oxygen atoms in total. The molecule has 0 saturated carbocycles. The molecule has 0 heterocycles. The molecule has 1 aromatic carbocycles. The first-order chi connectivity index (χ1) is 10.0. The average molecular weight is 321 g/mol. The molecule has 1 rings (SSSR count). The predicted octanol–water partition coefficient (Wildman–Crippen LogP) is 3.36. The third-order valence-corrected chi connectivity index (χ3v) is 4.39. The van der Waals surface area contributed by atoms with Crippen molar-refractivity contribution in [2.45, 2.75) is 52.4 Å². The van der Waals surface area contributed by atoms with Gasteiger partial charge in [-0.25, -0.2) is 4.99 Å². The lowest BCUT2D eigenvalue weighted by molar-refractivity contribution is -0.440. The van der Waals surface area contributed by atoms with Crippen LogP contribution in [0.2, 0.25) is 0 Å². The number of nitrogens with one attached hydrogen (secondary N) is 1. The molecule has 0 aliphatic rings.